The fourth-order valence-corrected chi connectivity index (χ4v) is 3.19. The van der Waals surface area contributed by atoms with E-state index in [0.29, 0.717) is 17.3 Å². The Hall–Kier alpha value is -1.59. The number of carbonyl (C=O) groups is 1. The number of ether oxygens (including phenoxy) is 1. The molecule has 0 saturated heterocycles. The van der Waals surface area contributed by atoms with Crippen LogP contribution in [-0.2, 0) is 11.2 Å². The summed E-state index contributed by atoms with van der Waals surface area (Å²) in [4.78, 5) is 15.2. The van der Waals surface area contributed by atoms with Gasteiger partial charge in [-0.05, 0) is 24.6 Å². The fourth-order valence-electron chi connectivity index (χ4n) is 2.17. The van der Waals surface area contributed by atoms with Gasteiger partial charge in [-0.1, -0.05) is 37.8 Å². The average Bonchev–Trinajstić information content (AvgIpc) is 2.96. The van der Waals surface area contributed by atoms with Crippen LogP contribution in [-0.4, -0.2) is 22.7 Å². The number of halogens is 1. The van der Waals surface area contributed by atoms with E-state index in [9.17, 15) is 4.79 Å². The molecule has 1 aromatic heterocycles. The van der Waals surface area contributed by atoms with Gasteiger partial charge in [0.2, 0.25) is 0 Å². The Balaban J connectivity index is 2.11. The minimum absolute atomic E-state index is 0.0791. The fraction of sp³-hybridized carbons (Fsp3) is 0.412. The molecule has 2 aromatic rings. The first-order valence-corrected chi connectivity index (χ1v) is 8.95. The molecule has 0 fully saturated rings. The summed E-state index contributed by atoms with van der Waals surface area (Å²) in [7, 11) is 0. The Morgan fingerprint density at radius 3 is 2.91 bits per heavy atom. The van der Waals surface area contributed by atoms with Crippen LogP contribution in [0, 0.1) is 0 Å². The SMILES string of the molecule is CCCCCCOc1ccc(Cl)cc1-c1nc(CC(=O)O)cs1. The van der Waals surface area contributed by atoms with Gasteiger partial charge in [0.1, 0.15) is 10.8 Å². The second-order valence-electron chi connectivity index (χ2n) is 5.26. The van der Waals surface area contributed by atoms with E-state index in [0.717, 1.165) is 29.2 Å². The van der Waals surface area contributed by atoms with Crippen LogP contribution in [0.4, 0.5) is 0 Å². The summed E-state index contributed by atoms with van der Waals surface area (Å²) in [6, 6.07) is 5.44. The lowest BCUT2D eigenvalue weighted by Gasteiger charge is -2.10. The minimum atomic E-state index is -0.889. The molecular weight excluding hydrogens is 334 g/mol. The van der Waals surface area contributed by atoms with E-state index in [4.69, 9.17) is 21.4 Å². The normalized spacial score (nSPS) is 10.7. The number of rotatable bonds is 9. The highest BCUT2D eigenvalue weighted by atomic mass is 35.5. The maximum atomic E-state index is 10.8. The van der Waals surface area contributed by atoms with Crippen molar-refractivity contribution in [2.45, 2.75) is 39.0 Å². The quantitative estimate of drug-likeness (QED) is 0.641. The van der Waals surface area contributed by atoms with Crippen LogP contribution in [0.25, 0.3) is 10.6 Å². The first-order valence-electron chi connectivity index (χ1n) is 7.69. The molecular formula is C17H20ClNO3S. The molecule has 0 bridgehead atoms. The highest BCUT2D eigenvalue weighted by molar-refractivity contribution is 7.13. The number of thiazole rings is 1. The van der Waals surface area contributed by atoms with Crippen molar-refractivity contribution in [2.24, 2.45) is 0 Å². The first kappa shape index (κ1) is 17.8. The molecule has 0 amide bonds. The lowest BCUT2D eigenvalue weighted by Crippen LogP contribution is -2.00. The number of hydrogen-bond donors (Lipinski definition) is 1. The Bertz CT molecular complexity index is 657. The molecule has 0 atom stereocenters. The van der Waals surface area contributed by atoms with Gasteiger partial charge in [-0.2, -0.15) is 0 Å². The molecule has 0 spiro atoms. The number of unbranched alkanes of at least 4 members (excludes halogenated alkanes) is 3. The number of aromatic nitrogens is 1. The van der Waals surface area contributed by atoms with Crippen molar-refractivity contribution >= 4 is 28.9 Å². The van der Waals surface area contributed by atoms with Gasteiger partial charge >= 0.3 is 5.97 Å². The summed E-state index contributed by atoms with van der Waals surface area (Å²) >= 11 is 7.49. The van der Waals surface area contributed by atoms with Crippen LogP contribution in [0.3, 0.4) is 0 Å². The van der Waals surface area contributed by atoms with Gasteiger partial charge < -0.3 is 9.84 Å². The van der Waals surface area contributed by atoms with Gasteiger partial charge in [0, 0.05) is 10.4 Å². The second kappa shape index (κ2) is 8.89. The van der Waals surface area contributed by atoms with E-state index in [-0.39, 0.29) is 6.42 Å². The third-order valence-electron chi connectivity index (χ3n) is 3.31. The van der Waals surface area contributed by atoms with E-state index < -0.39 is 5.97 Å². The zero-order valence-corrected chi connectivity index (χ0v) is 14.6. The molecule has 23 heavy (non-hydrogen) atoms. The van der Waals surface area contributed by atoms with Crippen LogP contribution in [0.1, 0.15) is 38.3 Å². The lowest BCUT2D eigenvalue weighted by molar-refractivity contribution is -0.136. The number of benzene rings is 1. The summed E-state index contributed by atoms with van der Waals surface area (Å²) in [5, 5.41) is 11.9. The molecule has 1 aromatic carbocycles. The number of carboxylic acid groups (broad SMARTS) is 1. The highest BCUT2D eigenvalue weighted by Gasteiger charge is 2.13. The van der Waals surface area contributed by atoms with Crippen LogP contribution in [0.5, 0.6) is 5.75 Å². The van der Waals surface area contributed by atoms with Crippen molar-refractivity contribution in [2.75, 3.05) is 6.61 Å². The number of nitrogens with zero attached hydrogens (tertiary/aromatic N) is 1. The molecule has 0 aliphatic heterocycles. The monoisotopic (exact) mass is 353 g/mol. The molecule has 4 nitrogen and oxygen atoms in total. The van der Waals surface area contributed by atoms with Gasteiger partial charge in [-0.3, -0.25) is 4.79 Å². The van der Waals surface area contributed by atoms with E-state index in [1.165, 1.54) is 24.2 Å². The summed E-state index contributed by atoms with van der Waals surface area (Å²) in [6.07, 6.45) is 4.49. The third kappa shape index (κ3) is 5.52. The minimum Gasteiger partial charge on any atom is -0.493 e. The van der Waals surface area contributed by atoms with Gasteiger partial charge in [-0.25, -0.2) is 4.98 Å². The van der Waals surface area contributed by atoms with E-state index in [1.54, 1.807) is 11.4 Å². The molecule has 1 N–H and O–H groups in total. The van der Waals surface area contributed by atoms with Gasteiger partial charge in [-0.15, -0.1) is 11.3 Å². The maximum absolute atomic E-state index is 10.8. The van der Waals surface area contributed by atoms with Crippen LogP contribution >= 0.6 is 22.9 Å². The molecule has 0 aliphatic rings. The number of hydrogen-bond acceptors (Lipinski definition) is 4. The van der Waals surface area contributed by atoms with Crippen LogP contribution in [0.2, 0.25) is 5.02 Å². The van der Waals surface area contributed by atoms with Crippen molar-refractivity contribution in [1.29, 1.82) is 0 Å². The van der Waals surface area contributed by atoms with E-state index >= 15 is 0 Å². The highest BCUT2D eigenvalue weighted by Crippen LogP contribution is 2.34. The molecule has 2 rings (SSSR count). The molecule has 124 valence electrons. The largest absolute Gasteiger partial charge is 0.493 e. The van der Waals surface area contributed by atoms with Crippen molar-refractivity contribution < 1.29 is 14.6 Å². The Kier molecular flexibility index (Phi) is 6.86. The summed E-state index contributed by atoms with van der Waals surface area (Å²) in [5.41, 5.74) is 1.36. The Morgan fingerprint density at radius 2 is 2.17 bits per heavy atom. The average molecular weight is 354 g/mol. The van der Waals surface area contributed by atoms with Crippen molar-refractivity contribution in [3.63, 3.8) is 0 Å². The zero-order valence-electron chi connectivity index (χ0n) is 13.0. The smallest absolute Gasteiger partial charge is 0.309 e. The van der Waals surface area contributed by atoms with Crippen molar-refractivity contribution in [3.05, 3.63) is 34.3 Å². The molecule has 0 unspecified atom stereocenters. The van der Waals surface area contributed by atoms with Crippen LogP contribution < -0.4 is 4.74 Å². The maximum Gasteiger partial charge on any atom is 0.309 e. The van der Waals surface area contributed by atoms with Gasteiger partial charge in [0.05, 0.1) is 24.3 Å². The first-order chi connectivity index (χ1) is 11.1. The van der Waals surface area contributed by atoms with E-state index in [1.807, 2.05) is 12.1 Å². The van der Waals surface area contributed by atoms with Gasteiger partial charge in [0.25, 0.3) is 0 Å². The lowest BCUT2D eigenvalue weighted by atomic mass is 10.2. The Morgan fingerprint density at radius 1 is 1.35 bits per heavy atom. The van der Waals surface area contributed by atoms with Crippen molar-refractivity contribution in [1.82, 2.24) is 4.98 Å². The van der Waals surface area contributed by atoms with Crippen LogP contribution in [0.15, 0.2) is 23.6 Å². The van der Waals surface area contributed by atoms with E-state index in [2.05, 4.69) is 11.9 Å². The van der Waals surface area contributed by atoms with Crippen molar-refractivity contribution in [3.8, 4) is 16.3 Å². The topological polar surface area (TPSA) is 59.4 Å². The number of aliphatic carboxylic acids is 1. The predicted octanol–water partition coefficient (Wildman–Crippen LogP) is 5.05. The zero-order chi connectivity index (χ0) is 16.7. The second-order valence-corrected chi connectivity index (χ2v) is 6.56. The number of carboxylic acids is 1. The molecule has 1 heterocycles. The predicted molar refractivity (Wildman–Crippen MR) is 93.5 cm³/mol. The molecule has 6 heteroatoms. The standard InChI is InChI=1S/C17H20ClNO3S/c1-2-3-4-5-8-22-15-7-6-12(18)9-14(15)17-19-13(11-23-17)10-16(20)21/h6-7,9,11H,2-5,8,10H2,1H3,(H,20,21). The summed E-state index contributed by atoms with van der Waals surface area (Å²) in [6.45, 7) is 2.83. The van der Waals surface area contributed by atoms with Gasteiger partial charge in [0.15, 0.2) is 0 Å². The molecule has 0 radical (unpaired) electrons. The molecule has 0 saturated carbocycles. The summed E-state index contributed by atoms with van der Waals surface area (Å²) in [5.74, 6) is -0.150. The third-order valence-corrected chi connectivity index (χ3v) is 4.47. The summed E-state index contributed by atoms with van der Waals surface area (Å²) < 4.78 is 5.88. The molecule has 0 aliphatic carbocycles. The Labute approximate surface area is 145 Å².